The monoisotopic (exact) mass is 373 g/mol. The maximum Gasteiger partial charge on any atom is 0.254 e. The zero-order valence-electron chi connectivity index (χ0n) is 14.9. The van der Waals surface area contributed by atoms with Gasteiger partial charge in [-0.2, -0.15) is 10.5 Å². The minimum Gasteiger partial charge on any atom is -0.497 e. The number of rotatable bonds is 3. The fourth-order valence-electron chi connectivity index (χ4n) is 3.89. The first kappa shape index (κ1) is 17.7. The van der Waals surface area contributed by atoms with E-state index in [-0.39, 0.29) is 0 Å². The SMILES string of the molecule is COc1ccc([C@H]2OC(C#N)(C#N)[C@H]3C(=O)N(c4ccccc4)C(=O)[C@@H]23)cc1. The average molecular weight is 373 g/mol. The molecular formula is C21H15N3O4. The van der Waals surface area contributed by atoms with E-state index in [0.717, 1.165) is 4.90 Å². The van der Waals surface area contributed by atoms with Gasteiger partial charge in [-0.05, 0) is 29.8 Å². The molecule has 0 spiro atoms. The van der Waals surface area contributed by atoms with Crippen LogP contribution in [0.1, 0.15) is 11.7 Å². The fourth-order valence-corrected chi connectivity index (χ4v) is 3.89. The lowest BCUT2D eigenvalue weighted by Gasteiger charge is -2.23. The lowest BCUT2D eigenvalue weighted by Crippen LogP contribution is -2.40. The Labute approximate surface area is 161 Å². The van der Waals surface area contributed by atoms with E-state index in [0.29, 0.717) is 17.0 Å². The number of hydrogen-bond acceptors (Lipinski definition) is 6. The number of carbonyl (C=O) groups excluding carboxylic acids is 2. The molecule has 0 aliphatic carbocycles. The Balaban J connectivity index is 1.82. The predicted octanol–water partition coefficient (Wildman–Crippen LogP) is 2.36. The summed E-state index contributed by atoms with van der Waals surface area (Å²) in [6, 6.07) is 18.9. The molecular weight excluding hydrogens is 358 g/mol. The number of fused-ring (bicyclic) bond motifs is 1. The molecule has 7 heteroatoms. The Hall–Kier alpha value is -3.68. The van der Waals surface area contributed by atoms with Crippen LogP contribution in [0.5, 0.6) is 5.75 Å². The summed E-state index contributed by atoms with van der Waals surface area (Å²) in [4.78, 5) is 27.4. The number of nitrogens with zero attached hydrogens (tertiary/aromatic N) is 3. The van der Waals surface area contributed by atoms with E-state index in [1.54, 1.807) is 54.6 Å². The summed E-state index contributed by atoms with van der Waals surface area (Å²) in [5.41, 5.74) is -1.02. The van der Waals surface area contributed by atoms with Crippen molar-refractivity contribution in [1.29, 1.82) is 10.5 Å². The third-order valence-electron chi connectivity index (χ3n) is 5.22. The van der Waals surface area contributed by atoms with E-state index < -0.39 is 35.4 Å². The number of methoxy groups -OCH3 is 1. The van der Waals surface area contributed by atoms with Crippen LogP contribution in [-0.4, -0.2) is 24.5 Å². The molecule has 0 saturated carbocycles. The maximum absolute atomic E-state index is 13.2. The van der Waals surface area contributed by atoms with Crippen LogP contribution in [0.3, 0.4) is 0 Å². The van der Waals surface area contributed by atoms with Crippen molar-refractivity contribution >= 4 is 17.5 Å². The van der Waals surface area contributed by atoms with Crippen LogP contribution in [0, 0.1) is 34.5 Å². The Morgan fingerprint density at radius 2 is 1.64 bits per heavy atom. The van der Waals surface area contributed by atoms with Crippen LogP contribution in [0.4, 0.5) is 5.69 Å². The summed E-state index contributed by atoms with van der Waals surface area (Å²) >= 11 is 0. The Bertz CT molecular complexity index is 1010. The van der Waals surface area contributed by atoms with Crippen molar-refractivity contribution in [2.45, 2.75) is 11.7 Å². The van der Waals surface area contributed by atoms with Crippen LogP contribution >= 0.6 is 0 Å². The van der Waals surface area contributed by atoms with E-state index in [9.17, 15) is 20.1 Å². The summed E-state index contributed by atoms with van der Waals surface area (Å²) in [5.74, 6) is -2.61. The van der Waals surface area contributed by atoms with Crippen LogP contribution in [0.2, 0.25) is 0 Å². The average Bonchev–Trinajstić information content (AvgIpc) is 3.23. The van der Waals surface area contributed by atoms with Crippen molar-refractivity contribution in [3.05, 3.63) is 60.2 Å². The van der Waals surface area contributed by atoms with E-state index >= 15 is 0 Å². The molecule has 0 aromatic heterocycles. The molecule has 2 heterocycles. The number of imide groups is 1. The maximum atomic E-state index is 13.2. The van der Waals surface area contributed by atoms with Crippen molar-refractivity contribution in [3.63, 3.8) is 0 Å². The second kappa shape index (κ2) is 6.49. The summed E-state index contributed by atoms with van der Waals surface area (Å²) in [6.45, 7) is 0. The largest absolute Gasteiger partial charge is 0.497 e. The Morgan fingerprint density at radius 3 is 2.21 bits per heavy atom. The third-order valence-corrected chi connectivity index (χ3v) is 5.22. The van der Waals surface area contributed by atoms with Crippen LogP contribution in [-0.2, 0) is 14.3 Å². The molecule has 4 rings (SSSR count). The topological polar surface area (TPSA) is 103 Å². The van der Waals surface area contributed by atoms with Gasteiger partial charge in [-0.15, -0.1) is 0 Å². The first-order chi connectivity index (χ1) is 13.6. The molecule has 2 saturated heterocycles. The molecule has 2 aromatic rings. The highest BCUT2D eigenvalue weighted by Crippen LogP contribution is 2.53. The van der Waals surface area contributed by atoms with Crippen molar-refractivity contribution < 1.29 is 19.1 Å². The van der Waals surface area contributed by atoms with Gasteiger partial charge in [0, 0.05) is 0 Å². The molecule has 0 N–H and O–H groups in total. The van der Waals surface area contributed by atoms with Crippen LogP contribution in [0.25, 0.3) is 0 Å². The first-order valence-electron chi connectivity index (χ1n) is 8.63. The zero-order chi connectivity index (χ0) is 19.9. The fraction of sp³-hybridized carbons (Fsp3) is 0.238. The highest BCUT2D eigenvalue weighted by atomic mass is 16.5. The van der Waals surface area contributed by atoms with Crippen molar-refractivity contribution in [3.8, 4) is 17.9 Å². The number of nitriles is 2. The standard InChI is InChI=1S/C21H15N3O4/c1-27-15-9-7-13(8-10-15)18-16-17(21(11-22,12-23)28-18)20(26)24(19(16)25)14-5-3-2-4-6-14/h2-10,16-18H,1H3/t16-,17-,18-/m1/s1. The molecule has 0 radical (unpaired) electrons. The first-order valence-corrected chi connectivity index (χ1v) is 8.63. The normalized spacial score (nSPS) is 25.1. The highest BCUT2D eigenvalue weighted by Gasteiger charge is 2.68. The molecule has 2 fully saturated rings. The van der Waals surface area contributed by atoms with Crippen molar-refractivity contribution in [1.82, 2.24) is 0 Å². The molecule has 2 aliphatic heterocycles. The lowest BCUT2D eigenvalue weighted by atomic mass is 9.81. The number of para-hydroxylation sites is 1. The van der Waals surface area contributed by atoms with Gasteiger partial charge < -0.3 is 9.47 Å². The van der Waals surface area contributed by atoms with Gasteiger partial charge in [-0.25, -0.2) is 4.90 Å². The van der Waals surface area contributed by atoms with Gasteiger partial charge in [0.25, 0.3) is 5.60 Å². The van der Waals surface area contributed by atoms with E-state index in [1.807, 2.05) is 12.1 Å². The van der Waals surface area contributed by atoms with E-state index in [1.165, 1.54) is 7.11 Å². The number of amides is 2. The van der Waals surface area contributed by atoms with E-state index in [2.05, 4.69) is 0 Å². The van der Waals surface area contributed by atoms with Gasteiger partial charge in [-0.1, -0.05) is 30.3 Å². The minimum atomic E-state index is -2.02. The van der Waals surface area contributed by atoms with Gasteiger partial charge >= 0.3 is 0 Å². The van der Waals surface area contributed by atoms with E-state index in [4.69, 9.17) is 9.47 Å². The molecule has 7 nitrogen and oxygen atoms in total. The molecule has 28 heavy (non-hydrogen) atoms. The highest BCUT2D eigenvalue weighted by molar-refractivity contribution is 6.23. The molecule has 138 valence electrons. The quantitative estimate of drug-likeness (QED) is 0.765. The number of carbonyl (C=O) groups is 2. The zero-order valence-corrected chi connectivity index (χ0v) is 14.9. The third kappa shape index (κ3) is 2.38. The summed E-state index contributed by atoms with van der Waals surface area (Å²) in [6.07, 6.45) is -0.889. The minimum absolute atomic E-state index is 0.408. The van der Waals surface area contributed by atoms with Gasteiger partial charge in [0.2, 0.25) is 11.8 Å². The number of ether oxygens (including phenoxy) is 2. The summed E-state index contributed by atoms with van der Waals surface area (Å²) < 4.78 is 10.9. The molecule has 2 aliphatic rings. The number of benzene rings is 2. The summed E-state index contributed by atoms with van der Waals surface area (Å²) in [7, 11) is 1.53. The van der Waals surface area contributed by atoms with Gasteiger partial charge in [0.05, 0.1) is 24.8 Å². The Morgan fingerprint density at radius 1 is 1.00 bits per heavy atom. The molecule has 3 atom stereocenters. The molecule has 0 unspecified atom stereocenters. The van der Waals surface area contributed by atoms with Gasteiger partial charge in [0.15, 0.2) is 0 Å². The van der Waals surface area contributed by atoms with Crippen LogP contribution < -0.4 is 9.64 Å². The second-order valence-electron chi connectivity index (χ2n) is 6.62. The lowest BCUT2D eigenvalue weighted by molar-refractivity contribution is -0.126. The molecule has 0 bridgehead atoms. The van der Waals surface area contributed by atoms with Gasteiger partial charge in [0.1, 0.15) is 23.8 Å². The predicted molar refractivity (Wildman–Crippen MR) is 96.7 cm³/mol. The molecule has 2 amide bonds. The smallest absolute Gasteiger partial charge is 0.254 e. The molecule has 2 aromatic carbocycles. The van der Waals surface area contributed by atoms with Crippen molar-refractivity contribution in [2.75, 3.05) is 12.0 Å². The summed E-state index contributed by atoms with van der Waals surface area (Å²) in [5, 5.41) is 19.3. The number of anilines is 1. The second-order valence-corrected chi connectivity index (χ2v) is 6.62. The van der Waals surface area contributed by atoms with Crippen molar-refractivity contribution in [2.24, 2.45) is 11.8 Å². The van der Waals surface area contributed by atoms with Crippen LogP contribution in [0.15, 0.2) is 54.6 Å². The number of hydrogen-bond donors (Lipinski definition) is 0. The van der Waals surface area contributed by atoms with Gasteiger partial charge in [-0.3, -0.25) is 9.59 Å². The Kier molecular flexibility index (Phi) is 4.11.